The number of nitrogens with two attached hydrogens (primary N) is 1. The van der Waals surface area contributed by atoms with Gasteiger partial charge >= 0.3 is 0 Å². The van der Waals surface area contributed by atoms with Gasteiger partial charge in [0.25, 0.3) is 5.91 Å². The number of oxime groups is 1. The number of rotatable bonds is 4. The van der Waals surface area contributed by atoms with Crippen molar-refractivity contribution in [1.29, 1.82) is 0 Å². The average molecular weight is 294 g/mol. The van der Waals surface area contributed by atoms with Crippen molar-refractivity contribution >= 4 is 11.7 Å². The lowest BCUT2D eigenvalue weighted by Gasteiger charge is -2.38. The van der Waals surface area contributed by atoms with Gasteiger partial charge in [-0.1, -0.05) is 12.1 Å². The predicted molar refractivity (Wildman–Crippen MR) is 78.4 cm³/mol. The highest BCUT2D eigenvalue weighted by Gasteiger charge is 2.29. The first-order valence-corrected chi connectivity index (χ1v) is 7.13. The first-order chi connectivity index (χ1) is 10.1. The summed E-state index contributed by atoms with van der Waals surface area (Å²) < 4.78 is 5.25. The molecule has 0 saturated carbocycles. The predicted octanol–water partition coefficient (Wildman–Crippen LogP) is 0.871. The van der Waals surface area contributed by atoms with Gasteiger partial charge in [-0.15, -0.1) is 0 Å². The molecule has 7 nitrogen and oxygen atoms in total. The maximum absolute atomic E-state index is 12.3. The van der Waals surface area contributed by atoms with E-state index in [2.05, 4.69) is 10.1 Å². The number of nitrogens with zero attached hydrogens (tertiary/aromatic N) is 3. The van der Waals surface area contributed by atoms with Gasteiger partial charge in [-0.2, -0.15) is 0 Å². The number of piperazine rings is 1. The number of carbonyl (C=O) groups excluding carboxylic acids is 1. The first-order valence-electron chi connectivity index (χ1n) is 7.13. The summed E-state index contributed by atoms with van der Waals surface area (Å²) in [4.78, 5) is 16.3. The van der Waals surface area contributed by atoms with Crippen LogP contribution in [-0.2, 0) is 0 Å². The van der Waals surface area contributed by atoms with E-state index in [1.165, 1.54) is 6.26 Å². The third-order valence-electron chi connectivity index (χ3n) is 3.94. The number of aryl methyl sites for hydroxylation is 1. The van der Waals surface area contributed by atoms with Crippen molar-refractivity contribution in [3.63, 3.8) is 0 Å². The highest BCUT2D eigenvalue weighted by molar-refractivity contribution is 5.93. The Morgan fingerprint density at radius 2 is 2.14 bits per heavy atom. The van der Waals surface area contributed by atoms with Crippen molar-refractivity contribution in [2.45, 2.75) is 26.3 Å². The number of amidine groups is 1. The zero-order valence-corrected chi connectivity index (χ0v) is 12.5. The molecule has 1 fully saturated rings. The molecule has 1 amide bonds. The third-order valence-corrected chi connectivity index (χ3v) is 3.94. The van der Waals surface area contributed by atoms with E-state index in [1.54, 1.807) is 11.0 Å². The lowest BCUT2D eigenvalue weighted by atomic mass is 10.1. The fraction of sp³-hybridized carbons (Fsp3) is 0.571. The van der Waals surface area contributed by atoms with E-state index in [0.717, 1.165) is 12.0 Å². The van der Waals surface area contributed by atoms with Gasteiger partial charge in [-0.25, -0.2) is 0 Å². The van der Waals surface area contributed by atoms with E-state index in [9.17, 15) is 4.79 Å². The minimum absolute atomic E-state index is 0.0750. The molecule has 1 saturated heterocycles. The Labute approximate surface area is 124 Å². The van der Waals surface area contributed by atoms with Gasteiger partial charge in [-0.05, 0) is 19.4 Å². The quantitative estimate of drug-likeness (QED) is 0.372. The van der Waals surface area contributed by atoms with Crippen LogP contribution < -0.4 is 5.73 Å². The third kappa shape index (κ3) is 3.18. The minimum atomic E-state index is -0.0856. The smallest absolute Gasteiger partial charge is 0.289 e. The Balaban J connectivity index is 1.97. The molecule has 2 rings (SSSR count). The van der Waals surface area contributed by atoms with Crippen LogP contribution in [0.2, 0.25) is 0 Å². The standard InChI is InChI=1S/C14H22N4O3/c1-3-11(13(15)16-20)17-5-7-18(8-6-17)14(19)12-10(2)4-9-21-12/h4,9,11,20H,3,5-8H2,1-2H3,(H2,15,16). The van der Waals surface area contributed by atoms with Crippen molar-refractivity contribution in [2.24, 2.45) is 10.9 Å². The number of hydrogen-bond acceptors (Lipinski definition) is 5. The molecular weight excluding hydrogens is 272 g/mol. The zero-order chi connectivity index (χ0) is 15.4. The Bertz CT molecular complexity index is 518. The summed E-state index contributed by atoms with van der Waals surface area (Å²) in [6, 6.07) is 1.70. The molecule has 1 aromatic rings. The highest BCUT2D eigenvalue weighted by atomic mass is 16.4. The molecule has 116 valence electrons. The molecule has 2 heterocycles. The van der Waals surface area contributed by atoms with E-state index in [-0.39, 0.29) is 17.8 Å². The molecule has 21 heavy (non-hydrogen) atoms. The molecule has 3 N–H and O–H groups in total. The molecule has 0 aliphatic carbocycles. The summed E-state index contributed by atoms with van der Waals surface area (Å²) in [6.07, 6.45) is 2.30. The Kier molecular flexibility index (Phi) is 4.85. The number of furan rings is 1. The SMILES string of the molecule is CCC(C(N)=NO)N1CCN(C(=O)c2occc2C)CC1. The van der Waals surface area contributed by atoms with Crippen LogP contribution in [0, 0.1) is 6.92 Å². The van der Waals surface area contributed by atoms with Gasteiger partial charge in [0.15, 0.2) is 11.6 Å². The number of carbonyl (C=O) groups is 1. The van der Waals surface area contributed by atoms with Gasteiger partial charge in [0.05, 0.1) is 12.3 Å². The van der Waals surface area contributed by atoms with Crippen LogP contribution in [0.3, 0.4) is 0 Å². The van der Waals surface area contributed by atoms with E-state index in [4.69, 9.17) is 15.4 Å². The van der Waals surface area contributed by atoms with Crippen molar-refractivity contribution < 1.29 is 14.4 Å². The fourth-order valence-electron chi connectivity index (χ4n) is 2.69. The van der Waals surface area contributed by atoms with Crippen LogP contribution in [0.1, 0.15) is 29.5 Å². The van der Waals surface area contributed by atoms with Gasteiger partial charge in [0, 0.05) is 31.7 Å². The number of amides is 1. The first kappa shape index (κ1) is 15.4. The second-order valence-electron chi connectivity index (χ2n) is 5.21. The van der Waals surface area contributed by atoms with Gasteiger partial charge in [0.2, 0.25) is 0 Å². The molecule has 0 radical (unpaired) electrons. The Hall–Kier alpha value is -2.02. The lowest BCUT2D eigenvalue weighted by Crippen LogP contribution is -2.55. The molecule has 1 unspecified atom stereocenters. The van der Waals surface area contributed by atoms with Crippen molar-refractivity contribution in [3.05, 3.63) is 23.7 Å². The second kappa shape index (κ2) is 6.62. The topological polar surface area (TPSA) is 95.3 Å². The van der Waals surface area contributed by atoms with Crippen LogP contribution in [0.4, 0.5) is 0 Å². The largest absolute Gasteiger partial charge is 0.459 e. The van der Waals surface area contributed by atoms with Gasteiger partial charge < -0.3 is 20.3 Å². The van der Waals surface area contributed by atoms with E-state index in [0.29, 0.717) is 31.9 Å². The maximum atomic E-state index is 12.3. The summed E-state index contributed by atoms with van der Waals surface area (Å²) in [5.41, 5.74) is 6.57. The molecule has 1 atom stereocenters. The molecular formula is C14H22N4O3. The van der Waals surface area contributed by atoms with Crippen LogP contribution in [0.5, 0.6) is 0 Å². The van der Waals surface area contributed by atoms with Crippen LogP contribution in [0.25, 0.3) is 0 Å². The molecule has 1 aliphatic heterocycles. The van der Waals surface area contributed by atoms with E-state index < -0.39 is 0 Å². The summed E-state index contributed by atoms with van der Waals surface area (Å²) in [6.45, 7) is 6.45. The van der Waals surface area contributed by atoms with Crippen LogP contribution in [0.15, 0.2) is 21.9 Å². The average Bonchev–Trinajstić information content (AvgIpc) is 2.94. The molecule has 1 aromatic heterocycles. The maximum Gasteiger partial charge on any atom is 0.289 e. The van der Waals surface area contributed by atoms with Crippen molar-refractivity contribution in [1.82, 2.24) is 9.80 Å². The van der Waals surface area contributed by atoms with Gasteiger partial charge in [0.1, 0.15) is 0 Å². The summed E-state index contributed by atoms with van der Waals surface area (Å²) in [5.74, 6) is 0.556. The zero-order valence-electron chi connectivity index (χ0n) is 12.5. The molecule has 7 heteroatoms. The fourth-order valence-corrected chi connectivity index (χ4v) is 2.69. The summed E-state index contributed by atoms with van der Waals surface area (Å²) in [7, 11) is 0. The lowest BCUT2D eigenvalue weighted by molar-refractivity contribution is 0.0577. The Morgan fingerprint density at radius 1 is 1.48 bits per heavy atom. The molecule has 1 aliphatic rings. The summed E-state index contributed by atoms with van der Waals surface area (Å²) >= 11 is 0. The van der Waals surface area contributed by atoms with Gasteiger partial charge in [-0.3, -0.25) is 9.69 Å². The second-order valence-corrected chi connectivity index (χ2v) is 5.21. The summed E-state index contributed by atoms with van der Waals surface area (Å²) in [5, 5.41) is 11.9. The molecule has 0 aromatic carbocycles. The minimum Gasteiger partial charge on any atom is -0.459 e. The number of hydrogen-bond donors (Lipinski definition) is 2. The molecule has 0 spiro atoms. The van der Waals surface area contributed by atoms with Crippen LogP contribution >= 0.6 is 0 Å². The van der Waals surface area contributed by atoms with E-state index in [1.807, 2.05) is 13.8 Å². The van der Waals surface area contributed by atoms with Crippen molar-refractivity contribution in [2.75, 3.05) is 26.2 Å². The van der Waals surface area contributed by atoms with Crippen LogP contribution in [-0.4, -0.2) is 59.0 Å². The van der Waals surface area contributed by atoms with Crippen molar-refractivity contribution in [3.8, 4) is 0 Å². The highest BCUT2D eigenvalue weighted by Crippen LogP contribution is 2.15. The normalized spacial score (nSPS) is 18.8. The monoisotopic (exact) mass is 294 g/mol. The Morgan fingerprint density at radius 3 is 2.62 bits per heavy atom. The molecule has 0 bridgehead atoms. The van der Waals surface area contributed by atoms with E-state index >= 15 is 0 Å².